The molecular weight excluding hydrogens is 440 g/mol. The molecule has 10 heteroatoms. The van der Waals surface area contributed by atoms with Crippen molar-refractivity contribution < 1.29 is 29.4 Å². The minimum atomic E-state index is -1.07. The highest BCUT2D eigenvalue weighted by atomic mass is 16.4. The lowest BCUT2D eigenvalue weighted by molar-refractivity contribution is -0.149. The highest BCUT2D eigenvalue weighted by molar-refractivity contribution is 5.94. The van der Waals surface area contributed by atoms with Crippen molar-refractivity contribution in [3.8, 4) is 5.75 Å². The lowest BCUT2D eigenvalue weighted by Crippen LogP contribution is -2.58. The number of rotatable bonds is 9. The van der Waals surface area contributed by atoms with Crippen molar-refractivity contribution in [2.45, 2.75) is 70.1 Å². The van der Waals surface area contributed by atoms with E-state index in [1.54, 1.807) is 12.1 Å². The van der Waals surface area contributed by atoms with Gasteiger partial charge in [0.25, 0.3) is 0 Å². The zero-order chi connectivity index (χ0) is 24.8. The summed E-state index contributed by atoms with van der Waals surface area (Å²) in [4.78, 5) is 52.2. The minimum absolute atomic E-state index is 0.0734. The van der Waals surface area contributed by atoms with Crippen molar-refractivity contribution in [1.82, 2.24) is 20.9 Å². The zero-order valence-electron chi connectivity index (χ0n) is 19.6. The third kappa shape index (κ3) is 6.25. The number of nitrogens with zero attached hydrogens (tertiary/aromatic N) is 1. The van der Waals surface area contributed by atoms with Crippen LogP contribution in [-0.4, -0.2) is 76.1 Å². The number of hydrogen-bond acceptors (Lipinski definition) is 6. The molecule has 3 rings (SSSR count). The molecule has 0 saturated carbocycles. The molecule has 2 aliphatic rings. The molecule has 0 aliphatic carbocycles. The molecule has 34 heavy (non-hydrogen) atoms. The molecule has 0 spiro atoms. The summed E-state index contributed by atoms with van der Waals surface area (Å²) >= 11 is 0. The van der Waals surface area contributed by atoms with Crippen LogP contribution in [-0.2, 0) is 25.6 Å². The van der Waals surface area contributed by atoms with Crippen molar-refractivity contribution in [1.29, 1.82) is 0 Å². The van der Waals surface area contributed by atoms with Gasteiger partial charge in [-0.05, 0) is 55.8 Å². The zero-order valence-corrected chi connectivity index (χ0v) is 19.6. The molecule has 5 N–H and O–H groups in total. The Kier molecular flexibility index (Phi) is 8.49. The van der Waals surface area contributed by atoms with Gasteiger partial charge < -0.3 is 31.1 Å². The molecule has 2 saturated heterocycles. The van der Waals surface area contributed by atoms with Crippen molar-refractivity contribution in [3.05, 3.63) is 29.8 Å². The molecule has 0 bridgehead atoms. The van der Waals surface area contributed by atoms with E-state index in [9.17, 15) is 29.4 Å². The van der Waals surface area contributed by atoms with Crippen LogP contribution in [0.4, 0.5) is 0 Å². The monoisotopic (exact) mass is 474 g/mol. The predicted octanol–water partition coefficient (Wildman–Crippen LogP) is 0.388. The van der Waals surface area contributed by atoms with Gasteiger partial charge in [0.05, 0.1) is 6.04 Å². The van der Waals surface area contributed by atoms with Crippen molar-refractivity contribution >= 4 is 23.7 Å². The van der Waals surface area contributed by atoms with E-state index < -0.39 is 35.9 Å². The Hall–Kier alpha value is -3.14. The molecule has 4 unspecified atom stereocenters. The van der Waals surface area contributed by atoms with E-state index in [1.165, 1.54) is 17.0 Å². The first-order valence-corrected chi connectivity index (χ1v) is 11.8. The van der Waals surface area contributed by atoms with Crippen LogP contribution in [0.15, 0.2) is 24.3 Å². The first-order chi connectivity index (χ1) is 16.2. The lowest BCUT2D eigenvalue weighted by atomic mass is 10.00. The summed E-state index contributed by atoms with van der Waals surface area (Å²) in [5.41, 5.74) is 0.697. The van der Waals surface area contributed by atoms with Crippen LogP contribution in [0.5, 0.6) is 5.75 Å². The maximum absolute atomic E-state index is 13.4. The third-order valence-corrected chi connectivity index (χ3v) is 6.44. The fraction of sp³-hybridized carbons (Fsp3) is 0.583. The molecule has 3 amide bonds. The molecule has 2 heterocycles. The number of benzene rings is 1. The number of carboxylic acids is 1. The molecule has 186 valence electrons. The van der Waals surface area contributed by atoms with Gasteiger partial charge in [0.15, 0.2) is 0 Å². The van der Waals surface area contributed by atoms with Crippen LogP contribution >= 0.6 is 0 Å². The summed E-state index contributed by atoms with van der Waals surface area (Å²) in [6.45, 7) is 4.67. The normalized spacial score (nSPS) is 21.8. The number of carbonyl (C=O) groups is 4. The second kappa shape index (κ2) is 11.3. The van der Waals surface area contributed by atoms with Crippen LogP contribution in [0.3, 0.4) is 0 Å². The number of amides is 3. The first kappa shape index (κ1) is 25.5. The number of hydrogen-bond donors (Lipinski definition) is 5. The topological polar surface area (TPSA) is 148 Å². The SMILES string of the molecule is CC(C)C(NC(=O)C1CCCN1)C(=O)NC(Cc1ccc(O)cc1)C(=O)N1CCCC1C(=O)O. The van der Waals surface area contributed by atoms with Gasteiger partial charge in [0.2, 0.25) is 17.7 Å². The molecule has 10 nitrogen and oxygen atoms in total. The van der Waals surface area contributed by atoms with E-state index in [0.29, 0.717) is 31.4 Å². The van der Waals surface area contributed by atoms with Crippen LogP contribution in [0.2, 0.25) is 0 Å². The number of carbonyl (C=O) groups excluding carboxylic acids is 3. The van der Waals surface area contributed by atoms with Gasteiger partial charge in [-0.2, -0.15) is 0 Å². The number of phenolic OH excluding ortho intramolecular Hbond substituents is 1. The number of phenols is 1. The number of nitrogens with one attached hydrogen (secondary N) is 3. The second-order valence-corrected chi connectivity index (χ2v) is 9.34. The van der Waals surface area contributed by atoms with E-state index in [-0.39, 0.29) is 30.0 Å². The average molecular weight is 475 g/mol. The fourth-order valence-corrected chi connectivity index (χ4v) is 4.51. The number of carboxylic acid groups (broad SMARTS) is 1. The highest BCUT2D eigenvalue weighted by Crippen LogP contribution is 2.20. The van der Waals surface area contributed by atoms with Crippen LogP contribution in [0.1, 0.15) is 45.1 Å². The smallest absolute Gasteiger partial charge is 0.326 e. The van der Waals surface area contributed by atoms with Gasteiger partial charge in [0.1, 0.15) is 23.9 Å². The van der Waals surface area contributed by atoms with Gasteiger partial charge >= 0.3 is 5.97 Å². The third-order valence-electron chi connectivity index (χ3n) is 6.44. The maximum atomic E-state index is 13.4. The Bertz CT molecular complexity index is 897. The van der Waals surface area contributed by atoms with Crippen LogP contribution in [0, 0.1) is 5.92 Å². The van der Waals surface area contributed by atoms with E-state index in [1.807, 2.05) is 13.8 Å². The second-order valence-electron chi connectivity index (χ2n) is 9.34. The maximum Gasteiger partial charge on any atom is 0.326 e. The Labute approximate surface area is 199 Å². The predicted molar refractivity (Wildman–Crippen MR) is 124 cm³/mol. The number of aliphatic carboxylic acids is 1. The molecule has 0 radical (unpaired) electrons. The van der Waals surface area contributed by atoms with Crippen molar-refractivity contribution in [2.75, 3.05) is 13.1 Å². The van der Waals surface area contributed by atoms with E-state index in [4.69, 9.17) is 0 Å². The summed E-state index contributed by atoms with van der Waals surface area (Å²) in [6, 6.07) is 3.13. The van der Waals surface area contributed by atoms with E-state index >= 15 is 0 Å². The lowest BCUT2D eigenvalue weighted by Gasteiger charge is -2.30. The highest BCUT2D eigenvalue weighted by Gasteiger charge is 2.39. The first-order valence-electron chi connectivity index (χ1n) is 11.8. The Morgan fingerprint density at radius 2 is 1.79 bits per heavy atom. The van der Waals surface area contributed by atoms with Gasteiger partial charge in [-0.1, -0.05) is 26.0 Å². The summed E-state index contributed by atoms with van der Waals surface area (Å²) < 4.78 is 0. The molecule has 0 aromatic heterocycles. The Morgan fingerprint density at radius 3 is 2.38 bits per heavy atom. The molecule has 4 atom stereocenters. The van der Waals surface area contributed by atoms with E-state index in [2.05, 4.69) is 16.0 Å². The van der Waals surface area contributed by atoms with Gasteiger partial charge in [-0.3, -0.25) is 14.4 Å². The van der Waals surface area contributed by atoms with Gasteiger partial charge in [0, 0.05) is 13.0 Å². The number of likely N-dealkylation sites (tertiary alicyclic amines) is 1. The molecule has 1 aromatic rings. The van der Waals surface area contributed by atoms with E-state index in [0.717, 1.165) is 13.0 Å². The summed E-state index contributed by atoms with van der Waals surface area (Å²) in [6.07, 6.45) is 2.64. The van der Waals surface area contributed by atoms with Crippen molar-refractivity contribution in [3.63, 3.8) is 0 Å². The van der Waals surface area contributed by atoms with Crippen LogP contribution in [0.25, 0.3) is 0 Å². The van der Waals surface area contributed by atoms with Gasteiger partial charge in [-0.15, -0.1) is 0 Å². The summed E-state index contributed by atoms with van der Waals surface area (Å²) in [5.74, 6) is -2.45. The molecule has 2 fully saturated rings. The standard InChI is InChI=1S/C24H34N4O6/c1-14(2)20(27-21(30)17-5-3-11-25-17)22(31)26-18(13-15-7-9-16(29)10-8-15)23(32)28-12-4-6-19(28)24(33)34/h7-10,14,17-20,25,29H,3-6,11-13H2,1-2H3,(H,26,31)(H,27,30)(H,33,34). The largest absolute Gasteiger partial charge is 0.508 e. The number of aromatic hydroxyl groups is 1. The summed E-state index contributed by atoms with van der Waals surface area (Å²) in [7, 11) is 0. The quantitative estimate of drug-likeness (QED) is 0.348. The molecule has 2 aliphatic heterocycles. The Balaban J connectivity index is 1.78. The average Bonchev–Trinajstić information content (AvgIpc) is 3.49. The minimum Gasteiger partial charge on any atom is -0.508 e. The molecule has 1 aromatic carbocycles. The van der Waals surface area contributed by atoms with Gasteiger partial charge in [-0.25, -0.2) is 4.79 Å². The summed E-state index contributed by atoms with van der Waals surface area (Å²) in [5, 5.41) is 27.8. The van der Waals surface area contributed by atoms with Crippen molar-refractivity contribution in [2.24, 2.45) is 5.92 Å². The fourth-order valence-electron chi connectivity index (χ4n) is 4.51. The Morgan fingerprint density at radius 1 is 1.09 bits per heavy atom. The molecular formula is C24H34N4O6. The van der Waals surface area contributed by atoms with Crippen LogP contribution < -0.4 is 16.0 Å².